The molecule has 0 saturated carbocycles. The average Bonchev–Trinajstić information content (AvgIpc) is 3.51. The van der Waals surface area contributed by atoms with Crippen LogP contribution in [0.2, 0.25) is 10.0 Å². The molecule has 0 saturated heterocycles. The van der Waals surface area contributed by atoms with Gasteiger partial charge in [0.05, 0.1) is 56.8 Å². The smallest absolute Gasteiger partial charge is 0.405 e. The lowest BCUT2D eigenvalue weighted by atomic mass is 9.78. The predicted molar refractivity (Wildman–Crippen MR) is 207 cm³/mol. The van der Waals surface area contributed by atoms with Crippen molar-refractivity contribution in [3.63, 3.8) is 0 Å². The Hall–Kier alpha value is -4.12. The fourth-order valence-corrected chi connectivity index (χ4v) is 6.92. The largest absolute Gasteiger partial charge is 0.491 e. The maximum Gasteiger partial charge on any atom is 0.405 e. The molecule has 17 heteroatoms. The minimum atomic E-state index is -1.59. The molecule has 1 aromatic heterocycles. The van der Waals surface area contributed by atoms with Gasteiger partial charge in [-0.15, -0.1) is 0 Å². The zero-order chi connectivity index (χ0) is 40.0. The molecule has 4 rings (SSSR count). The summed E-state index contributed by atoms with van der Waals surface area (Å²) in [6.07, 6.45) is -0.418. The van der Waals surface area contributed by atoms with Crippen molar-refractivity contribution in [3.8, 4) is 5.75 Å². The molecule has 15 nitrogen and oxygen atoms in total. The predicted octanol–water partition coefficient (Wildman–Crippen LogP) is 3.79. The van der Waals surface area contributed by atoms with E-state index in [2.05, 4.69) is 20.9 Å². The molecule has 1 unspecified atom stereocenters. The summed E-state index contributed by atoms with van der Waals surface area (Å²) in [5.41, 5.74) is 6.93. The van der Waals surface area contributed by atoms with Gasteiger partial charge in [0.1, 0.15) is 30.0 Å². The average molecular weight is 809 g/mol. The summed E-state index contributed by atoms with van der Waals surface area (Å²) in [5.74, 6) is -1.79. The van der Waals surface area contributed by atoms with Crippen molar-refractivity contribution in [2.75, 3.05) is 60.0 Å². The second-order valence-corrected chi connectivity index (χ2v) is 14.3. The van der Waals surface area contributed by atoms with Crippen molar-refractivity contribution in [1.82, 2.24) is 20.9 Å². The summed E-state index contributed by atoms with van der Waals surface area (Å²) in [5, 5.41) is 19.2. The van der Waals surface area contributed by atoms with Crippen molar-refractivity contribution in [2.24, 2.45) is 11.7 Å². The Morgan fingerprint density at radius 1 is 0.945 bits per heavy atom. The van der Waals surface area contributed by atoms with Crippen LogP contribution in [0.4, 0.5) is 4.79 Å². The first-order valence-electron chi connectivity index (χ1n) is 18.2. The van der Waals surface area contributed by atoms with Crippen LogP contribution in [0.25, 0.3) is 10.9 Å². The first-order valence-corrected chi connectivity index (χ1v) is 19.0. The highest BCUT2D eigenvalue weighted by molar-refractivity contribution is 6.38. The summed E-state index contributed by atoms with van der Waals surface area (Å²) >= 11 is 12.9. The number of carboxylic acid groups (broad SMARTS) is 1. The van der Waals surface area contributed by atoms with Crippen LogP contribution in [0.1, 0.15) is 43.5 Å². The fourth-order valence-electron chi connectivity index (χ4n) is 6.38. The Bertz CT molecular complexity index is 1760. The zero-order valence-electron chi connectivity index (χ0n) is 31.3. The number of amides is 4. The molecular weight excluding hydrogens is 757 g/mol. The molecular formula is C38H51Cl2N5O10. The lowest BCUT2D eigenvalue weighted by Crippen LogP contribution is -2.66. The highest BCUT2D eigenvalue weighted by atomic mass is 35.5. The van der Waals surface area contributed by atoms with E-state index in [1.165, 1.54) is 0 Å². The standard InChI is InChI=1S/C38H51Cl2N5O10/c1-4-23(2)32(34(41)46)44-36(48)38(10-9-30-28(22-38)27-20-25(39)21-29(40)33(27)42-30)45-35(47)31(43-37(49)50)19-24-5-7-26(8-6-24)55-18-17-54-16-15-53-14-13-52-12-11-51-3/h5-8,20-21,23,31-32,42-43H,4,9-19,22H2,1-3H3,(H2,41,46)(H,44,48)(H,45,47)(H,49,50)/t23-,31?,32-,38+/m0/s1. The van der Waals surface area contributed by atoms with Crippen molar-refractivity contribution < 1.29 is 48.0 Å². The number of hydrogen-bond acceptors (Lipinski definition) is 9. The SMILES string of the molecule is CC[C@H](C)[C@H](NC(=O)[C@@]1(NC(=O)C(Cc2ccc(OCCOCCOCCOCCOC)cc2)NC(=O)O)CCc2[nH]c3c(Cl)cc(Cl)cc3c2C1)C(N)=O. The monoisotopic (exact) mass is 807 g/mol. The van der Waals surface area contributed by atoms with Crippen LogP contribution < -0.4 is 26.4 Å². The number of aryl methyl sites for hydroxylation is 1. The Kier molecular flexibility index (Phi) is 16.9. The van der Waals surface area contributed by atoms with Crippen LogP contribution in [0.3, 0.4) is 0 Å². The maximum atomic E-state index is 14.3. The fraction of sp³-hybridized carbons (Fsp3) is 0.526. The summed E-state index contributed by atoms with van der Waals surface area (Å²) < 4.78 is 27.0. The van der Waals surface area contributed by atoms with Gasteiger partial charge in [-0.1, -0.05) is 55.6 Å². The first-order chi connectivity index (χ1) is 26.4. The van der Waals surface area contributed by atoms with E-state index in [1.807, 2.05) is 6.92 Å². The molecule has 2 aromatic carbocycles. The topological polar surface area (TPSA) is 213 Å². The molecule has 4 amide bonds. The van der Waals surface area contributed by atoms with E-state index in [9.17, 15) is 24.3 Å². The van der Waals surface area contributed by atoms with E-state index in [-0.39, 0.29) is 25.2 Å². The number of primary amides is 1. The van der Waals surface area contributed by atoms with Crippen molar-refractivity contribution >= 4 is 57.9 Å². The van der Waals surface area contributed by atoms with E-state index in [4.69, 9.17) is 52.6 Å². The summed E-state index contributed by atoms with van der Waals surface area (Å²) in [6, 6.07) is 7.92. The maximum absolute atomic E-state index is 14.3. The third-order valence-corrected chi connectivity index (χ3v) is 10.1. The minimum absolute atomic E-state index is 0.00933. The van der Waals surface area contributed by atoms with Crippen LogP contribution in [0.5, 0.6) is 5.75 Å². The number of H-pyrrole nitrogens is 1. The lowest BCUT2D eigenvalue weighted by Gasteiger charge is -2.39. The second kappa shape index (κ2) is 21.3. The number of aromatic nitrogens is 1. The Labute approximate surface area is 330 Å². The van der Waals surface area contributed by atoms with Crippen molar-refractivity contribution in [2.45, 2.75) is 63.6 Å². The number of methoxy groups -OCH3 is 1. The zero-order valence-corrected chi connectivity index (χ0v) is 32.9. The van der Waals surface area contributed by atoms with Gasteiger partial charge >= 0.3 is 6.09 Å². The van der Waals surface area contributed by atoms with Gasteiger partial charge < -0.3 is 55.5 Å². The molecule has 0 spiro atoms. The van der Waals surface area contributed by atoms with Crippen molar-refractivity contribution in [1.29, 1.82) is 0 Å². The molecule has 0 bridgehead atoms. The van der Waals surface area contributed by atoms with Gasteiger partial charge in [0.15, 0.2) is 0 Å². The number of nitrogens with two attached hydrogens (primary N) is 1. The van der Waals surface area contributed by atoms with Crippen LogP contribution in [-0.4, -0.2) is 111 Å². The minimum Gasteiger partial charge on any atom is -0.491 e. The van der Waals surface area contributed by atoms with Crippen LogP contribution >= 0.6 is 23.2 Å². The summed E-state index contributed by atoms with van der Waals surface area (Å²) in [4.78, 5) is 56.1. The van der Waals surface area contributed by atoms with Crippen molar-refractivity contribution in [3.05, 3.63) is 63.3 Å². The molecule has 302 valence electrons. The number of carbonyl (C=O) groups is 4. The number of halogens is 2. The number of aromatic amines is 1. The number of benzene rings is 2. The van der Waals surface area contributed by atoms with Gasteiger partial charge in [-0.05, 0) is 54.2 Å². The third kappa shape index (κ3) is 12.4. The Morgan fingerprint density at radius 2 is 1.58 bits per heavy atom. The second-order valence-electron chi connectivity index (χ2n) is 13.4. The molecule has 1 aliphatic carbocycles. The molecule has 7 N–H and O–H groups in total. The van der Waals surface area contributed by atoms with E-state index >= 15 is 0 Å². The van der Waals surface area contributed by atoms with Gasteiger partial charge in [0, 0.05) is 36.1 Å². The molecule has 0 radical (unpaired) electrons. The number of fused-ring (bicyclic) bond motifs is 3. The Morgan fingerprint density at radius 3 is 2.18 bits per heavy atom. The van der Waals surface area contributed by atoms with Gasteiger partial charge in [-0.2, -0.15) is 0 Å². The van der Waals surface area contributed by atoms with Gasteiger partial charge in [0.2, 0.25) is 17.7 Å². The third-order valence-electron chi connectivity index (χ3n) is 9.55. The van der Waals surface area contributed by atoms with Gasteiger partial charge in [-0.25, -0.2) is 4.79 Å². The molecule has 3 aromatic rings. The lowest BCUT2D eigenvalue weighted by molar-refractivity contribution is -0.137. The molecule has 0 fully saturated rings. The van der Waals surface area contributed by atoms with E-state index in [0.717, 1.165) is 11.3 Å². The van der Waals surface area contributed by atoms with Crippen LogP contribution in [0, 0.1) is 5.92 Å². The van der Waals surface area contributed by atoms with Crippen LogP contribution in [-0.2, 0) is 52.6 Å². The number of nitrogens with one attached hydrogen (secondary N) is 4. The number of rotatable bonds is 23. The number of carbonyl (C=O) groups excluding carboxylic acids is 3. The van der Waals surface area contributed by atoms with E-state index in [0.29, 0.717) is 98.0 Å². The molecule has 0 aliphatic heterocycles. The summed E-state index contributed by atoms with van der Waals surface area (Å²) in [6.45, 7) is 7.12. The number of ether oxygens (including phenoxy) is 5. The normalized spacial score (nSPS) is 16.8. The summed E-state index contributed by atoms with van der Waals surface area (Å²) in [7, 11) is 1.61. The first kappa shape index (κ1) is 43.6. The van der Waals surface area contributed by atoms with Gasteiger partial charge in [-0.3, -0.25) is 14.4 Å². The molecule has 1 heterocycles. The molecule has 55 heavy (non-hydrogen) atoms. The Balaban J connectivity index is 1.43. The quantitative estimate of drug-likeness (QED) is 0.0764. The number of hydrogen-bond donors (Lipinski definition) is 6. The highest BCUT2D eigenvalue weighted by Crippen LogP contribution is 2.38. The molecule has 1 aliphatic rings. The molecule has 4 atom stereocenters. The van der Waals surface area contributed by atoms with E-state index < -0.39 is 41.4 Å². The van der Waals surface area contributed by atoms with E-state index in [1.54, 1.807) is 50.4 Å². The van der Waals surface area contributed by atoms with Crippen LogP contribution in [0.15, 0.2) is 36.4 Å². The highest BCUT2D eigenvalue weighted by Gasteiger charge is 2.46. The van der Waals surface area contributed by atoms with Gasteiger partial charge in [0.25, 0.3) is 0 Å².